The van der Waals surface area contributed by atoms with E-state index in [1.54, 1.807) is 0 Å². The maximum absolute atomic E-state index is 3.68. The maximum atomic E-state index is 3.68. The van der Waals surface area contributed by atoms with E-state index < -0.39 is 0 Å². The Labute approximate surface area is 169 Å². The van der Waals surface area contributed by atoms with Gasteiger partial charge in [0, 0.05) is 13.1 Å². The minimum Gasteiger partial charge on any atom is -0.309 e. The van der Waals surface area contributed by atoms with E-state index in [-0.39, 0.29) is 0 Å². The van der Waals surface area contributed by atoms with Crippen LogP contribution in [0.1, 0.15) is 11.1 Å². The second-order valence-electron chi connectivity index (χ2n) is 7.82. The second-order valence-corrected chi connectivity index (χ2v) is 7.82. The van der Waals surface area contributed by atoms with Gasteiger partial charge in [-0.1, -0.05) is 97.1 Å². The summed E-state index contributed by atoms with van der Waals surface area (Å²) in [5.41, 5.74) is 2.71. The van der Waals surface area contributed by atoms with Crippen LogP contribution in [-0.2, 0) is 13.1 Å². The molecule has 0 aliphatic rings. The smallest absolute Gasteiger partial charge is 0.0214 e. The van der Waals surface area contributed by atoms with Crippen molar-refractivity contribution < 1.29 is 0 Å². The topological polar surface area (TPSA) is 12.0 Å². The van der Waals surface area contributed by atoms with E-state index in [0.717, 1.165) is 13.1 Å². The summed E-state index contributed by atoms with van der Waals surface area (Å²) >= 11 is 0. The Balaban J connectivity index is 1.37. The molecule has 0 heterocycles. The van der Waals surface area contributed by atoms with Gasteiger partial charge in [-0.2, -0.15) is 0 Å². The van der Waals surface area contributed by atoms with Gasteiger partial charge in [-0.15, -0.1) is 0 Å². The van der Waals surface area contributed by atoms with Gasteiger partial charge in [0.25, 0.3) is 0 Å². The lowest BCUT2D eigenvalue weighted by Gasteiger charge is -2.14. The molecule has 0 saturated heterocycles. The predicted molar refractivity (Wildman–Crippen MR) is 125 cm³/mol. The molecule has 29 heavy (non-hydrogen) atoms. The minimum absolute atomic E-state index is 0.859. The molecule has 1 nitrogen and oxygen atoms in total. The normalized spacial score (nSPS) is 11.9. The van der Waals surface area contributed by atoms with Crippen molar-refractivity contribution in [2.75, 3.05) is 0 Å². The Kier molecular flexibility index (Phi) is 3.75. The highest BCUT2D eigenvalue weighted by atomic mass is 14.8. The second kappa shape index (κ2) is 6.58. The van der Waals surface area contributed by atoms with Crippen molar-refractivity contribution in [3.8, 4) is 0 Å². The maximum Gasteiger partial charge on any atom is 0.0214 e. The van der Waals surface area contributed by atoms with Gasteiger partial charge in [0.05, 0.1) is 0 Å². The van der Waals surface area contributed by atoms with Gasteiger partial charge in [-0.05, 0) is 54.2 Å². The van der Waals surface area contributed by atoms with Crippen molar-refractivity contribution in [3.63, 3.8) is 0 Å². The van der Waals surface area contributed by atoms with Crippen molar-refractivity contribution in [2.24, 2.45) is 0 Å². The summed E-state index contributed by atoms with van der Waals surface area (Å²) in [4.78, 5) is 0. The molecule has 0 amide bonds. The van der Waals surface area contributed by atoms with Crippen molar-refractivity contribution in [2.45, 2.75) is 13.1 Å². The summed E-state index contributed by atoms with van der Waals surface area (Å²) in [5, 5.41) is 14.4. The largest absolute Gasteiger partial charge is 0.309 e. The summed E-state index contributed by atoms with van der Waals surface area (Å²) < 4.78 is 0. The summed E-state index contributed by atoms with van der Waals surface area (Å²) in [6, 6.07) is 35.3. The first kappa shape index (κ1) is 16.5. The number of nitrogens with one attached hydrogen (secondary N) is 1. The van der Waals surface area contributed by atoms with Crippen LogP contribution in [0.5, 0.6) is 0 Å². The van der Waals surface area contributed by atoms with Gasteiger partial charge >= 0.3 is 0 Å². The van der Waals surface area contributed by atoms with Crippen molar-refractivity contribution in [3.05, 3.63) is 108 Å². The standard InChI is InChI=1S/C28H21N/c1-2-10-25-19(5-1)6-3-9-23(25)17-29-18-24-14-13-22-12-11-20-7-4-8-21-15-16-26(24)28(22)27(20)21/h1-16,29H,17-18H2. The van der Waals surface area contributed by atoms with Crippen LogP contribution < -0.4 is 5.32 Å². The summed E-state index contributed by atoms with van der Waals surface area (Å²) in [6.45, 7) is 1.72. The molecule has 0 aliphatic carbocycles. The zero-order valence-corrected chi connectivity index (χ0v) is 16.2. The molecule has 138 valence electrons. The minimum atomic E-state index is 0.859. The number of benzene rings is 6. The molecule has 6 rings (SSSR count). The lowest BCUT2D eigenvalue weighted by Crippen LogP contribution is -2.13. The highest BCUT2D eigenvalue weighted by Crippen LogP contribution is 2.35. The number of hydrogen-bond donors (Lipinski definition) is 1. The van der Waals surface area contributed by atoms with Gasteiger partial charge in [-0.25, -0.2) is 0 Å². The van der Waals surface area contributed by atoms with Crippen LogP contribution in [0.25, 0.3) is 43.1 Å². The molecule has 6 aromatic carbocycles. The third-order valence-electron chi connectivity index (χ3n) is 6.13. The van der Waals surface area contributed by atoms with E-state index in [9.17, 15) is 0 Å². The molecule has 0 saturated carbocycles. The third kappa shape index (κ3) is 2.66. The predicted octanol–water partition coefficient (Wildman–Crippen LogP) is 7.03. The number of hydrogen-bond acceptors (Lipinski definition) is 1. The summed E-state index contributed by atoms with van der Waals surface area (Å²) in [5.74, 6) is 0. The molecule has 0 bridgehead atoms. The van der Waals surface area contributed by atoms with Crippen LogP contribution in [-0.4, -0.2) is 0 Å². The molecule has 1 N–H and O–H groups in total. The van der Waals surface area contributed by atoms with E-state index in [1.807, 2.05) is 0 Å². The van der Waals surface area contributed by atoms with Crippen molar-refractivity contribution in [1.29, 1.82) is 0 Å². The fraction of sp³-hybridized carbons (Fsp3) is 0.0714. The van der Waals surface area contributed by atoms with Gasteiger partial charge in [0.1, 0.15) is 0 Å². The van der Waals surface area contributed by atoms with E-state index in [4.69, 9.17) is 0 Å². The zero-order chi connectivity index (χ0) is 19.2. The Morgan fingerprint density at radius 1 is 0.414 bits per heavy atom. The Morgan fingerprint density at radius 2 is 1.00 bits per heavy atom. The third-order valence-corrected chi connectivity index (χ3v) is 6.13. The molecule has 0 radical (unpaired) electrons. The van der Waals surface area contributed by atoms with Crippen LogP contribution in [0.4, 0.5) is 0 Å². The lowest BCUT2D eigenvalue weighted by molar-refractivity contribution is 0.700. The average Bonchev–Trinajstić information content (AvgIpc) is 2.78. The monoisotopic (exact) mass is 371 g/mol. The van der Waals surface area contributed by atoms with Crippen LogP contribution >= 0.6 is 0 Å². The molecular weight excluding hydrogens is 350 g/mol. The molecule has 0 fully saturated rings. The molecule has 6 aromatic rings. The van der Waals surface area contributed by atoms with Gasteiger partial charge in [-0.3, -0.25) is 0 Å². The molecule has 0 spiro atoms. The van der Waals surface area contributed by atoms with E-state index in [1.165, 1.54) is 54.2 Å². The van der Waals surface area contributed by atoms with E-state index in [2.05, 4.69) is 102 Å². The highest BCUT2D eigenvalue weighted by molar-refractivity contribution is 6.23. The van der Waals surface area contributed by atoms with Gasteiger partial charge in [0.2, 0.25) is 0 Å². The summed E-state index contributed by atoms with van der Waals surface area (Å²) in [7, 11) is 0. The SMILES string of the molecule is c1ccc2c(CNCc3ccc4ccc5cccc6ccc3c4c56)cccc2c1. The average molecular weight is 371 g/mol. The number of rotatable bonds is 4. The molecular formula is C28H21N. The van der Waals surface area contributed by atoms with E-state index in [0.29, 0.717) is 0 Å². The summed E-state index contributed by atoms with van der Waals surface area (Å²) in [6.07, 6.45) is 0. The van der Waals surface area contributed by atoms with Gasteiger partial charge < -0.3 is 5.32 Å². The van der Waals surface area contributed by atoms with Crippen LogP contribution in [0.3, 0.4) is 0 Å². The quantitative estimate of drug-likeness (QED) is 0.328. The Morgan fingerprint density at radius 3 is 1.86 bits per heavy atom. The first-order valence-corrected chi connectivity index (χ1v) is 10.2. The lowest BCUT2D eigenvalue weighted by atomic mass is 9.92. The molecule has 0 atom stereocenters. The molecule has 0 aromatic heterocycles. The fourth-order valence-corrected chi connectivity index (χ4v) is 4.73. The van der Waals surface area contributed by atoms with Crippen molar-refractivity contribution >= 4 is 43.1 Å². The van der Waals surface area contributed by atoms with Crippen molar-refractivity contribution in [1.82, 2.24) is 5.32 Å². The van der Waals surface area contributed by atoms with Crippen LogP contribution in [0.2, 0.25) is 0 Å². The fourth-order valence-electron chi connectivity index (χ4n) is 4.73. The molecule has 0 aliphatic heterocycles. The first-order valence-electron chi connectivity index (χ1n) is 10.2. The molecule has 0 unspecified atom stereocenters. The Hall–Kier alpha value is -3.42. The Bertz CT molecular complexity index is 1460. The van der Waals surface area contributed by atoms with Crippen LogP contribution in [0, 0.1) is 0 Å². The first-order chi connectivity index (χ1) is 14.4. The zero-order valence-electron chi connectivity index (χ0n) is 16.2. The van der Waals surface area contributed by atoms with Crippen LogP contribution in [0.15, 0.2) is 97.1 Å². The highest BCUT2D eigenvalue weighted by Gasteiger charge is 2.10. The van der Waals surface area contributed by atoms with Gasteiger partial charge in [0.15, 0.2) is 0 Å². The molecule has 1 heteroatoms. The van der Waals surface area contributed by atoms with E-state index >= 15 is 0 Å². The number of fused-ring (bicyclic) bond motifs is 1.